The Morgan fingerprint density at radius 3 is 1.47 bits per heavy atom. The predicted octanol–water partition coefficient (Wildman–Crippen LogP) is 8.63. The minimum atomic E-state index is 0.807. The van der Waals surface area contributed by atoms with Crippen LogP contribution in [0.25, 0.3) is 65.6 Å². The Balaban J connectivity index is 1.51. The third-order valence-corrected chi connectivity index (χ3v) is 7.51. The van der Waals surface area contributed by atoms with E-state index in [1.54, 1.807) is 0 Å². The van der Waals surface area contributed by atoms with Gasteiger partial charge >= 0.3 is 0 Å². The van der Waals surface area contributed by atoms with Gasteiger partial charge in [0.2, 0.25) is 0 Å². The van der Waals surface area contributed by atoms with E-state index >= 15 is 0 Å². The molecular formula is C32H16N2O2. The minimum Gasteiger partial charge on any atom is -0.454 e. The number of ether oxygens (including phenoxy) is 2. The quantitative estimate of drug-likeness (QED) is 0.212. The molecule has 166 valence electrons. The Bertz CT molecular complexity index is 1960. The minimum absolute atomic E-state index is 0.807. The van der Waals surface area contributed by atoms with Crippen molar-refractivity contribution >= 4 is 43.4 Å². The highest BCUT2D eigenvalue weighted by molar-refractivity contribution is 6.27. The molecule has 0 spiro atoms. The standard InChI is InChI=1S/C32H16N2O2/c1-2-8-20-19(7-1)25-21-11-9-17-5-3-15-33-29(17)31(21)35-23-13-14-24-28(27(23)25)26(20)22-12-10-18-6-4-16-34-30(18)32(22)36-24/h1-16H. The lowest BCUT2D eigenvalue weighted by atomic mass is 9.82. The van der Waals surface area contributed by atoms with Gasteiger partial charge in [-0.05, 0) is 47.2 Å². The molecule has 7 aromatic rings. The Kier molecular flexibility index (Phi) is 3.25. The van der Waals surface area contributed by atoms with Crippen LogP contribution in [0.1, 0.15) is 0 Å². The van der Waals surface area contributed by atoms with Crippen molar-refractivity contribution < 1.29 is 9.47 Å². The summed E-state index contributed by atoms with van der Waals surface area (Å²) in [7, 11) is 0. The van der Waals surface area contributed by atoms with Crippen LogP contribution in [0.15, 0.2) is 97.3 Å². The van der Waals surface area contributed by atoms with Crippen LogP contribution >= 0.6 is 0 Å². The Hall–Kier alpha value is -4.96. The Labute approximate surface area is 205 Å². The van der Waals surface area contributed by atoms with Gasteiger partial charge in [0.25, 0.3) is 0 Å². The van der Waals surface area contributed by atoms with Crippen molar-refractivity contribution in [1.82, 2.24) is 9.97 Å². The van der Waals surface area contributed by atoms with Gasteiger partial charge in [0, 0.05) is 56.2 Å². The third kappa shape index (κ3) is 2.15. The maximum Gasteiger partial charge on any atom is 0.161 e. The Morgan fingerprint density at radius 1 is 0.472 bits per heavy atom. The zero-order valence-corrected chi connectivity index (χ0v) is 18.9. The van der Waals surface area contributed by atoms with Crippen LogP contribution in [0, 0.1) is 0 Å². The van der Waals surface area contributed by atoms with Gasteiger partial charge in [-0.3, -0.25) is 9.97 Å². The molecule has 4 heterocycles. The van der Waals surface area contributed by atoms with Gasteiger partial charge < -0.3 is 9.47 Å². The molecular weight excluding hydrogens is 444 g/mol. The van der Waals surface area contributed by atoms with E-state index in [4.69, 9.17) is 9.47 Å². The summed E-state index contributed by atoms with van der Waals surface area (Å²) in [6.45, 7) is 0. The second-order valence-electron chi connectivity index (χ2n) is 9.35. The molecule has 0 N–H and O–H groups in total. The summed E-state index contributed by atoms with van der Waals surface area (Å²) in [4.78, 5) is 9.35. The van der Waals surface area contributed by atoms with Crippen LogP contribution in [0.4, 0.5) is 0 Å². The maximum absolute atomic E-state index is 6.62. The number of nitrogens with zero attached hydrogens (tertiary/aromatic N) is 2. The molecule has 4 heteroatoms. The molecule has 0 saturated heterocycles. The van der Waals surface area contributed by atoms with Crippen LogP contribution in [0.2, 0.25) is 0 Å². The fraction of sp³-hybridized carbons (Fsp3) is 0. The second kappa shape index (κ2) is 6.37. The van der Waals surface area contributed by atoms with E-state index in [9.17, 15) is 0 Å². The van der Waals surface area contributed by atoms with Crippen molar-refractivity contribution in [2.75, 3.05) is 0 Å². The van der Waals surface area contributed by atoms with Gasteiger partial charge in [-0.1, -0.05) is 48.5 Å². The molecule has 0 bridgehead atoms. The predicted molar refractivity (Wildman–Crippen MR) is 143 cm³/mol. The average molecular weight is 460 g/mol. The highest BCUT2D eigenvalue weighted by atomic mass is 16.5. The van der Waals surface area contributed by atoms with Gasteiger partial charge in [-0.2, -0.15) is 0 Å². The van der Waals surface area contributed by atoms with Gasteiger partial charge in [0.15, 0.2) is 11.5 Å². The molecule has 0 atom stereocenters. The van der Waals surface area contributed by atoms with E-state index in [-0.39, 0.29) is 0 Å². The van der Waals surface area contributed by atoms with Crippen LogP contribution in [-0.4, -0.2) is 9.97 Å². The van der Waals surface area contributed by atoms with E-state index < -0.39 is 0 Å². The van der Waals surface area contributed by atoms with Crippen LogP contribution in [0.5, 0.6) is 23.0 Å². The first kappa shape index (κ1) is 18.4. The fourth-order valence-corrected chi connectivity index (χ4v) is 6.04. The summed E-state index contributed by atoms with van der Waals surface area (Å²) in [5, 5.41) is 6.66. The van der Waals surface area contributed by atoms with Crippen molar-refractivity contribution in [2.45, 2.75) is 0 Å². The number of pyridine rings is 2. The van der Waals surface area contributed by atoms with Crippen molar-refractivity contribution in [3.63, 3.8) is 0 Å². The lowest BCUT2D eigenvalue weighted by Crippen LogP contribution is -2.05. The van der Waals surface area contributed by atoms with Crippen LogP contribution in [-0.2, 0) is 0 Å². The Morgan fingerprint density at radius 2 is 0.972 bits per heavy atom. The molecule has 4 nitrogen and oxygen atoms in total. The largest absolute Gasteiger partial charge is 0.454 e. The fourth-order valence-electron chi connectivity index (χ4n) is 6.04. The first-order valence-corrected chi connectivity index (χ1v) is 12.0. The molecule has 2 aliphatic rings. The highest BCUT2D eigenvalue weighted by Crippen LogP contribution is 2.59. The lowest BCUT2D eigenvalue weighted by Gasteiger charge is -2.29. The second-order valence-corrected chi connectivity index (χ2v) is 9.35. The summed E-state index contributed by atoms with van der Waals surface area (Å²) in [5.41, 5.74) is 6.19. The molecule has 0 radical (unpaired) electrons. The summed E-state index contributed by atoms with van der Waals surface area (Å²) in [6, 6.07) is 29.3. The van der Waals surface area contributed by atoms with Crippen LogP contribution < -0.4 is 9.47 Å². The summed E-state index contributed by atoms with van der Waals surface area (Å²) in [6.07, 6.45) is 3.64. The number of rotatable bonds is 0. The number of hydrogen-bond donors (Lipinski definition) is 0. The van der Waals surface area contributed by atoms with E-state index in [2.05, 4.69) is 70.6 Å². The first-order chi connectivity index (χ1) is 17.9. The zero-order chi connectivity index (χ0) is 23.4. The normalized spacial score (nSPS) is 12.9. The lowest BCUT2D eigenvalue weighted by molar-refractivity contribution is 0.480. The van der Waals surface area contributed by atoms with E-state index in [1.165, 1.54) is 21.9 Å². The molecule has 2 aromatic heterocycles. The molecule has 0 aliphatic carbocycles. The van der Waals surface area contributed by atoms with Crippen molar-refractivity contribution in [3.05, 3.63) is 97.3 Å². The number of hydrogen-bond acceptors (Lipinski definition) is 4. The van der Waals surface area contributed by atoms with E-state index in [0.717, 1.165) is 66.7 Å². The molecule has 2 aliphatic heterocycles. The number of fused-ring (bicyclic) bond motifs is 11. The maximum atomic E-state index is 6.62. The monoisotopic (exact) mass is 460 g/mol. The van der Waals surface area contributed by atoms with Crippen molar-refractivity contribution in [1.29, 1.82) is 0 Å². The van der Waals surface area contributed by atoms with E-state index in [1.807, 2.05) is 36.7 Å². The third-order valence-electron chi connectivity index (χ3n) is 7.51. The van der Waals surface area contributed by atoms with Crippen molar-refractivity contribution in [2.24, 2.45) is 0 Å². The first-order valence-electron chi connectivity index (χ1n) is 12.0. The average Bonchev–Trinajstić information content (AvgIpc) is 2.95. The topological polar surface area (TPSA) is 44.2 Å². The molecule has 36 heavy (non-hydrogen) atoms. The van der Waals surface area contributed by atoms with Gasteiger partial charge in [-0.25, -0.2) is 0 Å². The molecule has 5 aromatic carbocycles. The van der Waals surface area contributed by atoms with Crippen molar-refractivity contribution in [3.8, 4) is 45.3 Å². The summed E-state index contributed by atoms with van der Waals surface area (Å²) < 4.78 is 13.2. The molecule has 0 fully saturated rings. The summed E-state index contributed by atoms with van der Waals surface area (Å²) in [5.74, 6) is 3.27. The van der Waals surface area contributed by atoms with Gasteiger partial charge in [-0.15, -0.1) is 0 Å². The smallest absolute Gasteiger partial charge is 0.161 e. The molecule has 0 amide bonds. The van der Waals surface area contributed by atoms with Crippen LogP contribution in [0.3, 0.4) is 0 Å². The highest BCUT2D eigenvalue weighted by Gasteiger charge is 2.32. The molecule has 0 saturated carbocycles. The van der Waals surface area contributed by atoms with Gasteiger partial charge in [0.05, 0.1) is 0 Å². The SMILES string of the molecule is c1cnc2c3c(ccc2c1)-c1c2ccccc2c2c4c(ccc(c14)O3)Oc1c-2ccc2cccnc12. The molecule has 9 rings (SSSR count). The number of aromatic nitrogens is 2. The molecule has 0 unspecified atom stereocenters. The van der Waals surface area contributed by atoms with E-state index in [0.29, 0.717) is 0 Å². The number of benzene rings is 5. The summed E-state index contributed by atoms with van der Waals surface area (Å²) >= 11 is 0. The van der Waals surface area contributed by atoms with Gasteiger partial charge in [0.1, 0.15) is 22.5 Å². The zero-order valence-electron chi connectivity index (χ0n) is 18.9.